The van der Waals surface area contributed by atoms with Crippen molar-refractivity contribution >= 4 is 11.6 Å². The van der Waals surface area contributed by atoms with Crippen LogP contribution in [0.25, 0.3) is 0 Å². The van der Waals surface area contributed by atoms with Crippen molar-refractivity contribution in [2.75, 3.05) is 13.7 Å². The van der Waals surface area contributed by atoms with Gasteiger partial charge in [0.1, 0.15) is 11.8 Å². The summed E-state index contributed by atoms with van der Waals surface area (Å²) < 4.78 is 5.33. The minimum atomic E-state index is 0.531. The van der Waals surface area contributed by atoms with Crippen LogP contribution in [0.3, 0.4) is 0 Å². The molecule has 1 atom stereocenters. The van der Waals surface area contributed by atoms with Crippen LogP contribution >= 0.6 is 11.6 Å². The molecule has 3 heteroatoms. The summed E-state index contributed by atoms with van der Waals surface area (Å²) in [6.45, 7) is 1.21. The molecule has 1 heterocycles. The topological polar surface area (TPSA) is 25.8 Å². The van der Waals surface area contributed by atoms with Gasteiger partial charge in [0.25, 0.3) is 0 Å². The van der Waals surface area contributed by atoms with Crippen LogP contribution in [-0.4, -0.2) is 13.7 Å². The van der Waals surface area contributed by atoms with E-state index in [1.54, 1.807) is 7.11 Å². The van der Waals surface area contributed by atoms with E-state index in [9.17, 15) is 0 Å². The van der Waals surface area contributed by atoms with Gasteiger partial charge in [-0.3, -0.25) is 0 Å². The highest BCUT2D eigenvalue weighted by atomic mass is 35.5. The molecule has 1 aliphatic rings. The maximum atomic E-state index is 5.98. The standard InChI is InChI=1S/C11H14ClNO/c1-14-11-5-4-8(12)7-9(11)10-3-2-6-13-10/h4-5,7,10,13H,2-3,6H2,1H3/p+1/t10-/m0/s1. The molecule has 0 amide bonds. The fraction of sp³-hybridized carbons (Fsp3) is 0.455. The van der Waals surface area contributed by atoms with Gasteiger partial charge in [0.05, 0.1) is 19.2 Å². The Bertz CT molecular complexity index is 321. The zero-order chi connectivity index (χ0) is 9.97. The van der Waals surface area contributed by atoms with Gasteiger partial charge in [-0.1, -0.05) is 11.6 Å². The maximum absolute atomic E-state index is 5.98. The first-order valence-corrected chi connectivity index (χ1v) is 5.36. The summed E-state index contributed by atoms with van der Waals surface area (Å²) in [6, 6.07) is 6.37. The fourth-order valence-corrected chi connectivity index (χ4v) is 2.23. The molecular weight excluding hydrogens is 198 g/mol. The Kier molecular flexibility index (Phi) is 2.94. The van der Waals surface area contributed by atoms with Gasteiger partial charge in [-0.15, -0.1) is 0 Å². The molecule has 1 saturated heterocycles. The average Bonchev–Trinajstić information content (AvgIpc) is 2.70. The van der Waals surface area contributed by atoms with Gasteiger partial charge >= 0.3 is 0 Å². The number of hydrogen-bond donors (Lipinski definition) is 1. The molecule has 14 heavy (non-hydrogen) atoms. The van der Waals surface area contributed by atoms with E-state index >= 15 is 0 Å². The molecule has 0 bridgehead atoms. The lowest BCUT2D eigenvalue weighted by atomic mass is 10.0. The predicted octanol–water partition coefficient (Wildman–Crippen LogP) is 1.75. The molecule has 0 aliphatic carbocycles. The van der Waals surface area contributed by atoms with Crippen molar-refractivity contribution in [2.24, 2.45) is 0 Å². The van der Waals surface area contributed by atoms with Crippen molar-refractivity contribution in [2.45, 2.75) is 18.9 Å². The molecule has 1 aromatic carbocycles. The van der Waals surface area contributed by atoms with Gasteiger partial charge < -0.3 is 10.1 Å². The Balaban J connectivity index is 2.33. The number of nitrogens with two attached hydrogens (primary N) is 1. The second kappa shape index (κ2) is 4.20. The van der Waals surface area contributed by atoms with Crippen LogP contribution in [-0.2, 0) is 0 Å². The lowest BCUT2D eigenvalue weighted by Gasteiger charge is -2.12. The van der Waals surface area contributed by atoms with Crippen LogP contribution in [0, 0.1) is 0 Å². The van der Waals surface area contributed by atoms with Crippen molar-refractivity contribution in [3.8, 4) is 5.75 Å². The van der Waals surface area contributed by atoms with Crippen LogP contribution in [0.2, 0.25) is 5.02 Å². The zero-order valence-corrected chi connectivity index (χ0v) is 9.05. The second-order valence-electron chi connectivity index (χ2n) is 3.66. The van der Waals surface area contributed by atoms with E-state index in [0.29, 0.717) is 6.04 Å². The third kappa shape index (κ3) is 1.86. The molecule has 1 aromatic rings. The number of hydrogen-bond acceptors (Lipinski definition) is 1. The Hall–Kier alpha value is -0.730. The Morgan fingerprint density at radius 3 is 3.00 bits per heavy atom. The monoisotopic (exact) mass is 212 g/mol. The van der Waals surface area contributed by atoms with Crippen LogP contribution in [0.4, 0.5) is 0 Å². The molecule has 2 rings (SSSR count). The Morgan fingerprint density at radius 1 is 1.50 bits per heavy atom. The van der Waals surface area contributed by atoms with Gasteiger partial charge in [-0.25, -0.2) is 0 Å². The molecular formula is C11H15ClNO+. The summed E-state index contributed by atoms with van der Waals surface area (Å²) >= 11 is 5.98. The first kappa shape index (κ1) is 9.81. The number of rotatable bonds is 2. The number of halogens is 1. The summed E-state index contributed by atoms with van der Waals surface area (Å²) in [5.74, 6) is 0.956. The van der Waals surface area contributed by atoms with Crippen molar-refractivity contribution in [1.82, 2.24) is 0 Å². The molecule has 1 aliphatic heterocycles. The maximum Gasteiger partial charge on any atom is 0.128 e. The molecule has 1 fully saturated rings. The van der Waals surface area contributed by atoms with Crippen molar-refractivity contribution < 1.29 is 10.1 Å². The zero-order valence-electron chi connectivity index (χ0n) is 8.29. The molecule has 0 saturated carbocycles. The first-order valence-electron chi connectivity index (χ1n) is 4.98. The molecule has 0 spiro atoms. The summed E-state index contributed by atoms with van der Waals surface area (Å²) in [6.07, 6.45) is 2.50. The minimum absolute atomic E-state index is 0.531. The number of quaternary nitrogens is 1. The van der Waals surface area contributed by atoms with Gasteiger partial charge in [0.15, 0.2) is 0 Å². The summed E-state index contributed by atoms with van der Waals surface area (Å²) in [5, 5.41) is 3.15. The van der Waals surface area contributed by atoms with E-state index in [2.05, 4.69) is 5.32 Å². The van der Waals surface area contributed by atoms with E-state index in [-0.39, 0.29) is 0 Å². The summed E-state index contributed by atoms with van der Waals surface area (Å²) in [4.78, 5) is 0. The number of benzene rings is 1. The van der Waals surface area contributed by atoms with Crippen LogP contribution in [0.5, 0.6) is 5.75 Å². The Labute approximate surface area is 89.2 Å². The van der Waals surface area contributed by atoms with E-state index in [0.717, 1.165) is 10.8 Å². The SMILES string of the molecule is COc1ccc(Cl)cc1[C@@H]1CCC[NH2+]1. The van der Waals surface area contributed by atoms with E-state index < -0.39 is 0 Å². The van der Waals surface area contributed by atoms with E-state index in [1.807, 2.05) is 18.2 Å². The van der Waals surface area contributed by atoms with Crippen molar-refractivity contribution in [1.29, 1.82) is 0 Å². The molecule has 0 unspecified atom stereocenters. The normalized spacial score (nSPS) is 21.1. The molecule has 76 valence electrons. The highest BCUT2D eigenvalue weighted by Crippen LogP contribution is 2.29. The third-order valence-corrected chi connectivity index (χ3v) is 3.00. The first-order chi connectivity index (χ1) is 6.81. The largest absolute Gasteiger partial charge is 0.496 e. The van der Waals surface area contributed by atoms with Gasteiger partial charge in [-0.05, 0) is 18.2 Å². The Morgan fingerprint density at radius 2 is 2.36 bits per heavy atom. The summed E-state index contributed by atoms with van der Waals surface area (Å²) in [5.41, 5.74) is 1.23. The van der Waals surface area contributed by atoms with E-state index in [4.69, 9.17) is 16.3 Å². The number of ether oxygens (including phenoxy) is 1. The molecule has 0 radical (unpaired) electrons. The van der Waals surface area contributed by atoms with Crippen molar-refractivity contribution in [3.05, 3.63) is 28.8 Å². The second-order valence-corrected chi connectivity index (χ2v) is 4.10. The predicted molar refractivity (Wildman–Crippen MR) is 56.8 cm³/mol. The number of methoxy groups -OCH3 is 1. The smallest absolute Gasteiger partial charge is 0.128 e. The van der Waals surface area contributed by atoms with Gasteiger partial charge in [0, 0.05) is 17.9 Å². The van der Waals surface area contributed by atoms with E-state index in [1.165, 1.54) is 24.9 Å². The highest BCUT2D eigenvalue weighted by molar-refractivity contribution is 6.30. The average molecular weight is 213 g/mol. The summed E-state index contributed by atoms with van der Waals surface area (Å²) in [7, 11) is 1.71. The van der Waals surface area contributed by atoms with Gasteiger partial charge in [-0.2, -0.15) is 0 Å². The third-order valence-electron chi connectivity index (χ3n) is 2.76. The highest BCUT2D eigenvalue weighted by Gasteiger charge is 2.23. The lowest BCUT2D eigenvalue weighted by molar-refractivity contribution is -0.676. The molecule has 0 aromatic heterocycles. The molecule has 2 N–H and O–H groups in total. The fourth-order valence-electron chi connectivity index (χ4n) is 2.05. The molecule has 2 nitrogen and oxygen atoms in total. The minimum Gasteiger partial charge on any atom is -0.496 e. The van der Waals surface area contributed by atoms with Crippen LogP contribution in [0.15, 0.2) is 18.2 Å². The van der Waals surface area contributed by atoms with Crippen molar-refractivity contribution in [3.63, 3.8) is 0 Å². The quantitative estimate of drug-likeness (QED) is 0.794. The van der Waals surface area contributed by atoms with Crippen LogP contribution in [0.1, 0.15) is 24.4 Å². The van der Waals surface area contributed by atoms with Gasteiger partial charge in [0.2, 0.25) is 0 Å². The lowest BCUT2D eigenvalue weighted by Crippen LogP contribution is -2.81. The van der Waals surface area contributed by atoms with Crippen LogP contribution < -0.4 is 10.1 Å².